The molecule has 0 radical (unpaired) electrons. The van der Waals surface area contributed by atoms with Gasteiger partial charge in [-0.1, -0.05) is 47.5 Å². The van der Waals surface area contributed by atoms with Crippen LogP contribution >= 0.6 is 23.2 Å². The molecular formula is C20H21Cl2N5O2. The number of anilines is 1. The molecule has 3 rings (SSSR count). The van der Waals surface area contributed by atoms with Crippen molar-refractivity contribution < 1.29 is 9.59 Å². The van der Waals surface area contributed by atoms with Gasteiger partial charge in [0, 0.05) is 6.92 Å². The average Bonchev–Trinajstić information content (AvgIpc) is 3.06. The Bertz CT molecular complexity index is 954. The van der Waals surface area contributed by atoms with Crippen molar-refractivity contribution in [3.05, 3.63) is 63.1 Å². The molecule has 1 atom stereocenters. The molecule has 7 nitrogen and oxygen atoms in total. The molecule has 9 heteroatoms. The highest BCUT2D eigenvalue weighted by Gasteiger charge is 2.23. The van der Waals surface area contributed by atoms with E-state index in [1.165, 1.54) is 12.5 Å². The maximum absolute atomic E-state index is 12.2. The Labute approximate surface area is 178 Å². The van der Waals surface area contributed by atoms with Gasteiger partial charge < -0.3 is 16.4 Å². The second-order valence-corrected chi connectivity index (χ2v) is 7.52. The third kappa shape index (κ3) is 5.40. The molecule has 0 heterocycles. The third-order valence-electron chi connectivity index (χ3n) is 4.51. The third-order valence-corrected chi connectivity index (χ3v) is 5.11. The lowest BCUT2D eigenvalue weighted by molar-refractivity contribution is -0.114. The fourth-order valence-corrected chi connectivity index (χ4v) is 3.87. The molecule has 0 unspecified atom stereocenters. The van der Waals surface area contributed by atoms with E-state index in [2.05, 4.69) is 27.0 Å². The molecule has 0 saturated heterocycles. The van der Waals surface area contributed by atoms with Crippen LogP contribution in [0.15, 0.2) is 41.4 Å². The normalized spacial score (nSPS) is 15.6. The quantitative estimate of drug-likeness (QED) is 0.435. The Hall–Kier alpha value is -2.77. The van der Waals surface area contributed by atoms with Crippen LogP contribution in [0.5, 0.6) is 0 Å². The molecule has 0 aromatic heterocycles. The first kappa shape index (κ1) is 21.0. The number of halogens is 2. The first-order valence-electron chi connectivity index (χ1n) is 9.04. The molecule has 0 fully saturated rings. The number of guanidine groups is 1. The summed E-state index contributed by atoms with van der Waals surface area (Å²) in [7, 11) is 0. The minimum absolute atomic E-state index is 0.0213. The van der Waals surface area contributed by atoms with Crippen LogP contribution in [0.25, 0.3) is 0 Å². The van der Waals surface area contributed by atoms with Crippen molar-refractivity contribution in [1.29, 1.82) is 0 Å². The van der Waals surface area contributed by atoms with Crippen LogP contribution in [0.2, 0.25) is 10.0 Å². The molecular weight excluding hydrogens is 413 g/mol. The number of urea groups is 1. The summed E-state index contributed by atoms with van der Waals surface area (Å²) in [5.74, 6) is -0.295. The summed E-state index contributed by atoms with van der Waals surface area (Å²) in [4.78, 5) is 27.6. The van der Waals surface area contributed by atoms with Crippen LogP contribution in [-0.4, -0.2) is 17.9 Å². The van der Waals surface area contributed by atoms with Gasteiger partial charge in [0.25, 0.3) is 0 Å². The number of nitrogens with one attached hydrogen (secondary N) is 3. The first-order chi connectivity index (χ1) is 13.8. The number of hydrogen-bond donors (Lipinski definition) is 4. The molecule has 1 aliphatic carbocycles. The Morgan fingerprint density at radius 3 is 2.59 bits per heavy atom. The number of aliphatic imine (C=N–C) groups is 1. The van der Waals surface area contributed by atoms with E-state index < -0.39 is 6.03 Å². The highest BCUT2D eigenvalue weighted by Crippen LogP contribution is 2.32. The van der Waals surface area contributed by atoms with Gasteiger partial charge in [-0.2, -0.15) is 0 Å². The van der Waals surface area contributed by atoms with Crippen LogP contribution in [-0.2, 0) is 17.8 Å². The standard InChI is InChI=1S/C20H21Cl2N5O2/c1-11(28)25-18-15(21)8-12(9-16(18)22)10-24-19(23)27-20(29)26-17-7-6-13-4-2-3-5-14(13)17/h2-5,8-9,17H,6-7,10H2,1H3,(H,25,28)(H4,23,24,26,27,29)/t17-/m0/s1. The fourth-order valence-electron chi connectivity index (χ4n) is 3.25. The van der Waals surface area contributed by atoms with Crippen molar-refractivity contribution in [1.82, 2.24) is 10.6 Å². The average molecular weight is 434 g/mol. The largest absolute Gasteiger partial charge is 0.370 e. The highest BCUT2D eigenvalue weighted by molar-refractivity contribution is 6.39. The molecule has 0 saturated carbocycles. The Balaban J connectivity index is 1.58. The summed E-state index contributed by atoms with van der Waals surface area (Å²) in [6, 6.07) is 10.8. The Morgan fingerprint density at radius 2 is 1.90 bits per heavy atom. The predicted octanol–water partition coefficient (Wildman–Crippen LogP) is 3.75. The maximum Gasteiger partial charge on any atom is 0.322 e. The fraction of sp³-hybridized carbons (Fsp3) is 0.250. The number of carbonyl (C=O) groups is 2. The smallest absolute Gasteiger partial charge is 0.322 e. The van der Waals surface area contributed by atoms with Crippen molar-refractivity contribution >= 4 is 46.8 Å². The van der Waals surface area contributed by atoms with Crippen molar-refractivity contribution in [2.75, 3.05) is 5.32 Å². The van der Waals surface area contributed by atoms with Crippen LogP contribution in [0.1, 0.15) is 36.1 Å². The zero-order chi connectivity index (χ0) is 21.0. The number of fused-ring (bicyclic) bond motifs is 1. The van der Waals surface area contributed by atoms with E-state index in [1.54, 1.807) is 12.1 Å². The predicted molar refractivity (Wildman–Crippen MR) is 115 cm³/mol. The van der Waals surface area contributed by atoms with Gasteiger partial charge >= 0.3 is 6.03 Å². The van der Waals surface area contributed by atoms with E-state index in [1.807, 2.05) is 18.2 Å². The number of nitrogens with zero attached hydrogens (tertiary/aromatic N) is 1. The second-order valence-electron chi connectivity index (χ2n) is 6.71. The molecule has 152 valence electrons. The molecule has 2 aromatic rings. The maximum atomic E-state index is 12.2. The van der Waals surface area contributed by atoms with Gasteiger partial charge in [0.05, 0.1) is 28.3 Å². The lowest BCUT2D eigenvalue weighted by atomic mass is 10.1. The van der Waals surface area contributed by atoms with E-state index in [0.29, 0.717) is 21.3 Å². The molecule has 1 aliphatic rings. The Kier molecular flexibility index (Phi) is 6.61. The van der Waals surface area contributed by atoms with Crippen molar-refractivity contribution in [2.45, 2.75) is 32.4 Å². The number of amides is 3. The van der Waals surface area contributed by atoms with Crippen molar-refractivity contribution in [2.24, 2.45) is 10.7 Å². The van der Waals surface area contributed by atoms with Crippen molar-refractivity contribution in [3.63, 3.8) is 0 Å². The Morgan fingerprint density at radius 1 is 1.21 bits per heavy atom. The van der Waals surface area contributed by atoms with Gasteiger partial charge in [0.1, 0.15) is 0 Å². The summed E-state index contributed by atoms with van der Waals surface area (Å²) in [5.41, 5.74) is 9.22. The lowest BCUT2D eigenvalue weighted by Crippen LogP contribution is -2.44. The van der Waals surface area contributed by atoms with Gasteiger partial charge in [-0.15, -0.1) is 0 Å². The van der Waals surface area contributed by atoms with Crippen LogP contribution in [0, 0.1) is 0 Å². The summed E-state index contributed by atoms with van der Waals surface area (Å²) >= 11 is 12.3. The number of rotatable bonds is 4. The van der Waals surface area contributed by atoms with E-state index in [0.717, 1.165) is 18.4 Å². The lowest BCUT2D eigenvalue weighted by Gasteiger charge is -2.14. The summed E-state index contributed by atoms with van der Waals surface area (Å²) < 4.78 is 0. The van der Waals surface area contributed by atoms with Gasteiger partial charge in [-0.3, -0.25) is 10.1 Å². The molecule has 3 amide bonds. The van der Waals surface area contributed by atoms with Crippen molar-refractivity contribution in [3.8, 4) is 0 Å². The molecule has 5 N–H and O–H groups in total. The molecule has 0 aliphatic heterocycles. The summed E-state index contributed by atoms with van der Waals surface area (Å²) in [5, 5.41) is 8.60. The van der Waals surface area contributed by atoms with E-state index >= 15 is 0 Å². The van der Waals surface area contributed by atoms with Gasteiger partial charge in [-0.25, -0.2) is 9.79 Å². The minimum atomic E-state index is -0.412. The van der Waals surface area contributed by atoms with E-state index in [4.69, 9.17) is 28.9 Å². The SMILES string of the molecule is CC(=O)Nc1c(Cl)cc(CN=C(N)NC(=O)N[C@H]2CCc3ccccc32)cc1Cl. The van der Waals surface area contributed by atoms with Gasteiger partial charge in [-0.05, 0) is 41.7 Å². The summed E-state index contributed by atoms with van der Waals surface area (Å²) in [6.45, 7) is 1.53. The first-order valence-corrected chi connectivity index (χ1v) is 9.80. The minimum Gasteiger partial charge on any atom is -0.370 e. The molecule has 0 bridgehead atoms. The number of nitrogens with two attached hydrogens (primary N) is 1. The number of aryl methyl sites for hydroxylation is 1. The van der Waals surface area contributed by atoms with Gasteiger partial charge in [0.15, 0.2) is 5.96 Å². The van der Waals surface area contributed by atoms with E-state index in [9.17, 15) is 9.59 Å². The van der Waals surface area contributed by atoms with Crippen LogP contribution in [0.3, 0.4) is 0 Å². The second kappa shape index (κ2) is 9.15. The molecule has 2 aromatic carbocycles. The zero-order valence-corrected chi connectivity index (χ0v) is 17.3. The number of carbonyl (C=O) groups excluding carboxylic acids is 2. The molecule has 29 heavy (non-hydrogen) atoms. The topological polar surface area (TPSA) is 109 Å². The monoisotopic (exact) mass is 433 g/mol. The summed E-state index contributed by atoms with van der Waals surface area (Å²) in [6.07, 6.45) is 1.78. The number of hydrogen-bond acceptors (Lipinski definition) is 3. The highest BCUT2D eigenvalue weighted by atomic mass is 35.5. The van der Waals surface area contributed by atoms with Crippen LogP contribution in [0.4, 0.5) is 10.5 Å². The van der Waals surface area contributed by atoms with Gasteiger partial charge in [0.2, 0.25) is 5.91 Å². The molecule has 0 spiro atoms. The van der Waals surface area contributed by atoms with Crippen LogP contribution < -0.4 is 21.7 Å². The number of benzene rings is 2. The zero-order valence-electron chi connectivity index (χ0n) is 15.8. The van der Waals surface area contributed by atoms with E-state index in [-0.39, 0.29) is 24.5 Å².